The maximum Gasteiger partial charge on any atom is 0.303 e. The largest absolute Gasteiger partial charge is 0.481 e. The van der Waals surface area contributed by atoms with E-state index in [0.29, 0.717) is 12.8 Å². The molecule has 0 bridgehead atoms. The van der Waals surface area contributed by atoms with E-state index in [-0.39, 0.29) is 31.5 Å². The lowest BCUT2D eigenvalue weighted by Gasteiger charge is -2.19. The molecule has 154 valence electrons. The first-order valence-corrected chi connectivity index (χ1v) is 11.3. The van der Waals surface area contributed by atoms with Gasteiger partial charge < -0.3 is 14.9 Å². The molecule has 0 aromatic rings. The van der Waals surface area contributed by atoms with Crippen molar-refractivity contribution in [2.45, 2.75) is 108 Å². The number of carboxylic acid groups (broad SMARTS) is 1. The molecule has 0 aromatic heterocycles. The third-order valence-electron chi connectivity index (χ3n) is 4.94. The zero-order chi connectivity index (χ0) is 19.6. The molecule has 3 N–H and O–H groups in total. The minimum Gasteiger partial charge on any atom is -0.481 e. The molecule has 1 saturated heterocycles. The van der Waals surface area contributed by atoms with Gasteiger partial charge in [0.05, 0.1) is 18.3 Å². The molecule has 1 aliphatic heterocycles. The predicted octanol–water partition coefficient (Wildman–Crippen LogP) is 3.16. The molecule has 0 amide bonds. The molecule has 7 nitrogen and oxygen atoms in total. The van der Waals surface area contributed by atoms with Crippen molar-refractivity contribution < 1.29 is 32.7 Å². The van der Waals surface area contributed by atoms with Crippen LogP contribution in [0.1, 0.15) is 84.0 Å². The van der Waals surface area contributed by atoms with Crippen molar-refractivity contribution >= 4 is 16.1 Å². The van der Waals surface area contributed by atoms with Crippen LogP contribution < -0.4 is 0 Å². The van der Waals surface area contributed by atoms with Gasteiger partial charge in [0.15, 0.2) is 0 Å². The van der Waals surface area contributed by atoms with Crippen molar-refractivity contribution in [3.05, 3.63) is 0 Å². The van der Waals surface area contributed by atoms with E-state index in [2.05, 4.69) is 6.92 Å². The Labute approximate surface area is 156 Å². The van der Waals surface area contributed by atoms with E-state index in [1.807, 2.05) is 0 Å². The Morgan fingerprint density at radius 3 is 2.31 bits per heavy atom. The highest BCUT2D eigenvalue weighted by atomic mass is 32.2. The van der Waals surface area contributed by atoms with Gasteiger partial charge in [-0.1, -0.05) is 51.9 Å². The fourth-order valence-corrected chi connectivity index (χ4v) is 4.29. The number of hydrogen-bond acceptors (Lipinski definition) is 5. The average Bonchev–Trinajstić information content (AvgIpc) is 3.26. The molecule has 0 aliphatic carbocycles. The monoisotopic (exact) mass is 394 g/mol. The van der Waals surface area contributed by atoms with E-state index in [1.165, 1.54) is 0 Å². The van der Waals surface area contributed by atoms with Gasteiger partial charge in [-0.05, 0) is 19.3 Å². The maximum atomic E-state index is 11.6. The minimum absolute atomic E-state index is 0.104. The van der Waals surface area contributed by atoms with Gasteiger partial charge >= 0.3 is 5.97 Å². The summed E-state index contributed by atoms with van der Waals surface area (Å²) in [5.74, 6) is -0.810. The van der Waals surface area contributed by atoms with E-state index in [9.17, 15) is 22.9 Å². The highest BCUT2D eigenvalue weighted by Crippen LogP contribution is 2.33. The van der Waals surface area contributed by atoms with Gasteiger partial charge in [0, 0.05) is 12.8 Å². The van der Waals surface area contributed by atoms with Crippen LogP contribution in [0.25, 0.3) is 0 Å². The van der Waals surface area contributed by atoms with Crippen LogP contribution in [0.2, 0.25) is 0 Å². The van der Waals surface area contributed by atoms with E-state index < -0.39 is 27.4 Å². The van der Waals surface area contributed by atoms with Gasteiger partial charge in [0.2, 0.25) is 0 Å². The first kappa shape index (κ1) is 23.3. The van der Waals surface area contributed by atoms with Crippen LogP contribution in [0, 0.1) is 0 Å². The summed E-state index contributed by atoms with van der Waals surface area (Å²) in [5.41, 5.74) is 0. The molecule has 8 heteroatoms. The van der Waals surface area contributed by atoms with Crippen LogP contribution in [0.5, 0.6) is 0 Å². The molecule has 0 aromatic carbocycles. The number of aliphatic hydroxyl groups is 1. The van der Waals surface area contributed by atoms with Gasteiger partial charge in [0.25, 0.3) is 10.1 Å². The predicted molar refractivity (Wildman–Crippen MR) is 98.7 cm³/mol. The standard InChI is InChI=1S/C18H34O7S/c1-2-3-7-10-15-16(25-15)13-14(19)17(26(22,23)24)11-8-5-4-6-9-12-18(20)21/h14-17,19H,2-13H2,1H3,(H,20,21)(H,22,23,24). The summed E-state index contributed by atoms with van der Waals surface area (Å²) in [7, 11) is -4.31. The lowest BCUT2D eigenvalue weighted by molar-refractivity contribution is -0.137. The van der Waals surface area contributed by atoms with Crippen LogP contribution in [-0.2, 0) is 19.6 Å². The van der Waals surface area contributed by atoms with Crippen molar-refractivity contribution in [2.75, 3.05) is 0 Å². The first-order chi connectivity index (χ1) is 12.3. The molecule has 1 fully saturated rings. The van der Waals surface area contributed by atoms with Gasteiger partial charge in [0.1, 0.15) is 5.25 Å². The summed E-state index contributed by atoms with van der Waals surface area (Å²) in [6.07, 6.45) is 7.22. The van der Waals surface area contributed by atoms with Crippen molar-refractivity contribution in [1.29, 1.82) is 0 Å². The summed E-state index contributed by atoms with van der Waals surface area (Å²) in [6.45, 7) is 2.12. The fraction of sp³-hybridized carbons (Fsp3) is 0.944. The van der Waals surface area contributed by atoms with Gasteiger partial charge in [-0.3, -0.25) is 9.35 Å². The van der Waals surface area contributed by atoms with Gasteiger partial charge in [-0.15, -0.1) is 0 Å². The number of epoxide rings is 1. The molecule has 0 radical (unpaired) electrons. The number of carbonyl (C=O) groups is 1. The molecular weight excluding hydrogens is 360 g/mol. The van der Waals surface area contributed by atoms with Crippen LogP contribution in [0.15, 0.2) is 0 Å². The van der Waals surface area contributed by atoms with Crippen molar-refractivity contribution in [3.8, 4) is 0 Å². The summed E-state index contributed by atoms with van der Waals surface area (Å²) in [5, 5.41) is 17.6. The Morgan fingerprint density at radius 2 is 1.69 bits per heavy atom. The maximum absolute atomic E-state index is 11.6. The molecule has 0 spiro atoms. The molecule has 1 rings (SSSR count). The second-order valence-corrected chi connectivity index (χ2v) is 8.90. The topological polar surface area (TPSA) is 124 Å². The Morgan fingerprint density at radius 1 is 1.04 bits per heavy atom. The summed E-state index contributed by atoms with van der Waals surface area (Å²) < 4.78 is 38.1. The number of aliphatic carboxylic acids is 1. The van der Waals surface area contributed by atoms with Crippen LogP contribution in [-0.4, -0.2) is 52.7 Å². The Kier molecular flexibility index (Phi) is 10.7. The number of aliphatic hydroxyl groups excluding tert-OH is 1. The SMILES string of the molecule is CCCCCC1OC1CC(O)C(CCCCCCCC(=O)O)S(=O)(=O)O. The fourth-order valence-electron chi connectivity index (χ4n) is 3.32. The Balaban J connectivity index is 2.27. The highest BCUT2D eigenvalue weighted by Gasteiger charge is 2.42. The third kappa shape index (κ3) is 9.85. The summed E-state index contributed by atoms with van der Waals surface area (Å²) >= 11 is 0. The average molecular weight is 395 g/mol. The Hall–Kier alpha value is -0.700. The first-order valence-electron chi connectivity index (χ1n) is 9.77. The Bertz CT molecular complexity index is 506. The lowest BCUT2D eigenvalue weighted by Crippen LogP contribution is -2.35. The number of ether oxygens (including phenoxy) is 1. The molecule has 26 heavy (non-hydrogen) atoms. The van der Waals surface area contributed by atoms with Gasteiger partial charge in [-0.2, -0.15) is 8.42 Å². The quantitative estimate of drug-likeness (QED) is 0.209. The number of rotatable bonds is 16. The normalized spacial score (nSPS) is 22.1. The molecular formula is C18H34O7S. The molecule has 1 heterocycles. The second-order valence-electron chi connectivity index (χ2n) is 7.27. The van der Waals surface area contributed by atoms with Crippen LogP contribution >= 0.6 is 0 Å². The summed E-state index contributed by atoms with van der Waals surface area (Å²) in [4.78, 5) is 10.4. The number of hydrogen-bond donors (Lipinski definition) is 3. The van der Waals surface area contributed by atoms with Crippen LogP contribution in [0.3, 0.4) is 0 Å². The highest BCUT2D eigenvalue weighted by molar-refractivity contribution is 7.86. The van der Waals surface area contributed by atoms with Crippen molar-refractivity contribution in [1.82, 2.24) is 0 Å². The van der Waals surface area contributed by atoms with E-state index in [0.717, 1.165) is 44.9 Å². The van der Waals surface area contributed by atoms with E-state index in [4.69, 9.17) is 9.84 Å². The minimum atomic E-state index is -4.31. The molecule has 0 saturated carbocycles. The van der Waals surface area contributed by atoms with Gasteiger partial charge in [-0.25, -0.2) is 0 Å². The smallest absolute Gasteiger partial charge is 0.303 e. The zero-order valence-electron chi connectivity index (χ0n) is 15.7. The number of unbranched alkanes of at least 4 members (excludes halogenated alkanes) is 6. The summed E-state index contributed by atoms with van der Waals surface area (Å²) in [6, 6.07) is 0. The lowest BCUT2D eigenvalue weighted by atomic mass is 10.0. The van der Waals surface area contributed by atoms with Crippen molar-refractivity contribution in [3.63, 3.8) is 0 Å². The zero-order valence-corrected chi connectivity index (χ0v) is 16.5. The van der Waals surface area contributed by atoms with Crippen LogP contribution in [0.4, 0.5) is 0 Å². The molecule has 1 aliphatic rings. The molecule has 4 atom stereocenters. The molecule has 4 unspecified atom stereocenters. The second kappa shape index (κ2) is 11.9. The van der Waals surface area contributed by atoms with E-state index >= 15 is 0 Å². The van der Waals surface area contributed by atoms with E-state index in [1.54, 1.807) is 0 Å². The van der Waals surface area contributed by atoms with Crippen molar-refractivity contribution in [2.24, 2.45) is 0 Å². The number of carboxylic acids is 1. The third-order valence-corrected chi connectivity index (χ3v) is 6.26.